The highest BCUT2D eigenvalue weighted by molar-refractivity contribution is 6.06. The predicted molar refractivity (Wildman–Crippen MR) is 85.0 cm³/mol. The zero-order valence-corrected chi connectivity index (χ0v) is 11.6. The van der Waals surface area contributed by atoms with E-state index < -0.39 is 0 Å². The third kappa shape index (κ3) is 2.90. The Kier molecular flexibility index (Phi) is 3.74. The molecule has 110 valence electrons. The van der Waals surface area contributed by atoms with Crippen LogP contribution in [-0.2, 0) is 0 Å². The van der Waals surface area contributed by atoms with Gasteiger partial charge in [-0.1, -0.05) is 23.4 Å². The van der Waals surface area contributed by atoms with Gasteiger partial charge in [0.15, 0.2) is 5.82 Å². The summed E-state index contributed by atoms with van der Waals surface area (Å²) in [4.78, 5) is 14.1. The summed E-state index contributed by atoms with van der Waals surface area (Å²) in [6, 6.07) is 17.6. The summed E-state index contributed by atoms with van der Waals surface area (Å²) in [7, 11) is 0. The van der Waals surface area contributed by atoms with E-state index in [2.05, 4.69) is 10.5 Å². The quantitative estimate of drug-likeness (QED) is 0.722. The SMILES string of the molecule is Nc1ccc(N(C(=O)Nc2ccon2)c2ccccc2)cc1. The van der Waals surface area contributed by atoms with E-state index in [0.29, 0.717) is 17.2 Å². The Bertz CT molecular complexity index is 740. The van der Waals surface area contributed by atoms with Crippen molar-refractivity contribution in [1.82, 2.24) is 5.16 Å². The Hall–Kier alpha value is -3.28. The van der Waals surface area contributed by atoms with Crippen molar-refractivity contribution in [2.75, 3.05) is 16.0 Å². The molecule has 6 heteroatoms. The molecule has 0 saturated carbocycles. The number of amides is 2. The summed E-state index contributed by atoms with van der Waals surface area (Å²) >= 11 is 0. The number of nitrogens with zero attached hydrogens (tertiary/aromatic N) is 2. The fourth-order valence-corrected chi connectivity index (χ4v) is 2.03. The fraction of sp³-hybridized carbons (Fsp3) is 0. The van der Waals surface area contributed by atoms with Gasteiger partial charge in [0.05, 0.1) is 11.4 Å². The molecule has 0 radical (unpaired) electrons. The molecule has 2 amide bonds. The molecule has 0 aliphatic carbocycles. The van der Waals surface area contributed by atoms with Crippen LogP contribution in [0, 0.1) is 0 Å². The van der Waals surface area contributed by atoms with Gasteiger partial charge in [0.2, 0.25) is 0 Å². The Morgan fingerprint density at radius 1 is 1.00 bits per heavy atom. The van der Waals surface area contributed by atoms with Gasteiger partial charge in [-0.15, -0.1) is 0 Å². The Morgan fingerprint density at radius 3 is 2.32 bits per heavy atom. The minimum absolute atomic E-state index is 0.343. The van der Waals surface area contributed by atoms with Gasteiger partial charge in [0.25, 0.3) is 0 Å². The summed E-state index contributed by atoms with van der Waals surface area (Å²) in [6.45, 7) is 0. The second-order valence-electron chi connectivity index (χ2n) is 4.58. The number of nitrogens with one attached hydrogen (secondary N) is 1. The van der Waals surface area contributed by atoms with Crippen LogP contribution in [0.3, 0.4) is 0 Å². The van der Waals surface area contributed by atoms with Gasteiger partial charge in [-0.25, -0.2) is 4.79 Å². The maximum absolute atomic E-state index is 12.6. The van der Waals surface area contributed by atoms with Crippen molar-refractivity contribution in [3.8, 4) is 0 Å². The van der Waals surface area contributed by atoms with Gasteiger partial charge >= 0.3 is 6.03 Å². The van der Waals surface area contributed by atoms with Crippen molar-refractivity contribution in [3.05, 3.63) is 66.9 Å². The first-order chi connectivity index (χ1) is 10.7. The van der Waals surface area contributed by atoms with Crippen molar-refractivity contribution in [2.45, 2.75) is 0 Å². The number of rotatable bonds is 3. The Morgan fingerprint density at radius 2 is 1.68 bits per heavy atom. The second kappa shape index (κ2) is 6.01. The molecule has 0 fully saturated rings. The van der Waals surface area contributed by atoms with Gasteiger partial charge in [0, 0.05) is 11.8 Å². The first-order valence-electron chi connectivity index (χ1n) is 6.66. The monoisotopic (exact) mass is 294 g/mol. The second-order valence-corrected chi connectivity index (χ2v) is 4.58. The molecule has 0 aliphatic rings. The standard InChI is InChI=1S/C16H14N4O2/c17-12-6-8-14(9-7-12)20(13-4-2-1-3-5-13)16(21)18-15-10-11-22-19-15/h1-11H,17H2,(H,18,19,21). The Labute approximate surface area is 127 Å². The topological polar surface area (TPSA) is 84.4 Å². The molecule has 3 N–H and O–H groups in total. The third-order valence-electron chi connectivity index (χ3n) is 3.04. The van der Waals surface area contributed by atoms with Crippen LogP contribution in [0.5, 0.6) is 0 Å². The maximum atomic E-state index is 12.6. The van der Waals surface area contributed by atoms with E-state index >= 15 is 0 Å². The van der Waals surface area contributed by atoms with Gasteiger partial charge < -0.3 is 10.3 Å². The highest BCUT2D eigenvalue weighted by Gasteiger charge is 2.18. The number of anilines is 4. The molecule has 1 heterocycles. The minimum atomic E-state index is -0.343. The van der Waals surface area contributed by atoms with Crippen molar-refractivity contribution in [3.63, 3.8) is 0 Å². The van der Waals surface area contributed by atoms with E-state index in [0.717, 1.165) is 5.69 Å². The predicted octanol–water partition coefficient (Wildman–Crippen LogP) is 3.63. The summed E-state index contributed by atoms with van der Waals surface area (Å²) in [6.07, 6.45) is 1.39. The molecule has 3 aromatic rings. The molecular weight excluding hydrogens is 280 g/mol. The molecule has 0 spiro atoms. The third-order valence-corrected chi connectivity index (χ3v) is 3.04. The molecule has 6 nitrogen and oxygen atoms in total. The van der Waals surface area contributed by atoms with Crippen LogP contribution >= 0.6 is 0 Å². The number of benzene rings is 2. The molecule has 22 heavy (non-hydrogen) atoms. The molecule has 0 atom stereocenters. The van der Waals surface area contributed by atoms with E-state index in [-0.39, 0.29) is 6.03 Å². The van der Waals surface area contributed by atoms with Crippen LogP contribution in [0.15, 0.2) is 71.4 Å². The lowest BCUT2D eigenvalue weighted by molar-refractivity contribution is 0.258. The number of hydrogen-bond donors (Lipinski definition) is 2. The molecule has 0 bridgehead atoms. The summed E-state index contributed by atoms with van der Waals surface area (Å²) in [5, 5.41) is 6.37. The highest BCUT2D eigenvalue weighted by atomic mass is 16.5. The van der Waals surface area contributed by atoms with Gasteiger partial charge in [-0.2, -0.15) is 0 Å². The molecule has 2 aromatic carbocycles. The molecule has 0 aliphatic heterocycles. The van der Waals surface area contributed by atoms with Crippen LogP contribution in [0.4, 0.5) is 27.7 Å². The van der Waals surface area contributed by atoms with Crippen molar-refractivity contribution in [2.24, 2.45) is 0 Å². The number of nitrogen functional groups attached to an aromatic ring is 1. The summed E-state index contributed by atoms with van der Waals surface area (Å²) in [5.41, 5.74) is 7.77. The first kappa shape index (κ1) is 13.7. The number of aromatic nitrogens is 1. The van der Waals surface area contributed by atoms with Crippen molar-refractivity contribution in [1.29, 1.82) is 0 Å². The van der Waals surface area contributed by atoms with Crippen molar-refractivity contribution >= 4 is 28.9 Å². The molecule has 0 unspecified atom stereocenters. The Balaban J connectivity index is 1.95. The van der Waals surface area contributed by atoms with Crippen LogP contribution in [0.1, 0.15) is 0 Å². The number of nitrogens with two attached hydrogens (primary N) is 1. The minimum Gasteiger partial charge on any atom is -0.399 e. The van der Waals surface area contributed by atoms with Crippen LogP contribution in [-0.4, -0.2) is 11.2 Å². The largest absolute Gasteiger partial charge is 0.399 e. The number of urea groups is 1. The zero-order valence-electron chi connectivity index (χ0n) is 11.6. The lowest BCUT2D eigenvalue weighted by Crippen LogP contribution is -2.30. The molecule has 1 aromatic heterocycles. The van der Waals surface area contributed by atoms with Crippen LogP contribution < -0.4 is 16.0 Å². The van der Waals surface area contributed by atoms with Gasteiger partial charge in [-0.05, 0) is 36.4 Å². The van der Waals surface area contributed by atoms with E-state index in [1.807, 2.05) is 30.3 Å². The van der Waals surface area contributed by atoms with Gasteiger partial charge in [0.1, 0.15) is 6.26 Å². The maximum Gasteiger partial charge on any atom is 0.332 e. The molecule has 0 saturated heterocycles. The first-order valence-corrected chi connectivity index (χ1v) is 6.66. The smallest absolute Gasteiger partial charge is 0.332 e. The number of hydrogen-bond acceptors (Lipinski definition) is 4. The van der Waals surface area contributed by atoms with Crippen LogP contribution in [0.25, 0.3) is 0 Å². The molecule has 3 rings (SSSR count). The number of carbonyl (C=O) groups is 1. The summed E-state index contributed by atoms with van der Waals surface area (Å²) < 4.78 is 4.72. The summed E-state index contributed by atoms with van der Waals surface area (Å²) in [5.74, 6) is 0.348. The van der Waals surface area contributed by atoms with Gasteiger partial charge in [-0.3, -0.25) is 10.2 Å². The van der Waals surface area contributed by atoms with E-state index in [4.69, 9.17) is 10.3 Å². The van der Waals surface area contributed by atoms with Crippen molar-refractivity contribution < 1.29 is 9.32 Å². The van der Waals surface area contributed by atoms with E-state index in [1.165, 1.54) is 11.2 Å². The van der Waals surface area contributed by atoms with Crippen LogP contribution in [0.2, 0.25) is 0 Å². The molecular formula is C16H14N4O2. The van der Waals surface area contributed by atoms with E-state index in [9.17, 15) is 4.79 Å². The number of carbonyl (C=O) groups excluding carboxylic acids is 1. The highest BCUT2D eigenvalue weighted by Crippen LogP contribution is 2.26. The lowest BCUT2D eigenvalue weighted by atomic mass is 10.2. The zero-order chi connectivity index (χ0) is 15.4. The lowest BCUT2D eigenvalue weighted by Gasteiger charge is -2.22. The average Bonchev–Trinajstić information content (AvgIpc) is 3.03. The fourth-order valence-electron chi connectivity index (χ4n) is 2.03. The number of para-hydroxylation sites is 1. The normalized spacial score (nSPS) is 10.2. The average molecular weight is 294 g/mol. The van der Waals surface area contributed by atoms with E-state index in [1.54, 1.807) is 30.3 Å².